The summed E-state index contributed by atoms with van der Waals surface area (Å²) in [5.74, 6) is -1.81. The van der Waals surface area contributed by atoms with E-state index in [2.05, 4.69) is 15.4 Å². The summed E-state index contributed by atoms with van der Waals surface area (Å²) in [6.07, 6.45) is 0. The number of nitrogens with two attached hydrogens (primary N) is 1. The summed E-state index contributed by atoms with van der Waals surface area (Å²) in [5.41, 5.74) is 8.95. The van der Waals surface area contributed by atoms with E-state index in [9.17, 15) is 19.5 Å². The van der Waals surface area contributed by atoms with E-state index in [0.29, 0.717) is 16.5 Å². The highest BCUT2D eigenvalue weighted by atomic mass is 16.5. The molecule has 216 valence electrons. The van der Waals surface area contributed by atoms with Crippen LogP contribution in [0.2, 0.25) is 0 Å². The molecular weight excluding hydrogens is 534 g/mol. The molecule has 0 bridgehead atoms. The summed E-state index contributed by atoms with van der Waals surface area (Å²) < 4.78 is 5.68. The van der Waals surface area contributed by atoms with Crippen LogP contribution in [0.15, 0.2) is 72.8 Å². The summed E-state index contributed by atoms with van der Waals surface area (Å²) in [5, 5.41) is 21.6. The molecule has 0 spiro atoms. The predicted molar refractivity (Wildman–Crippen MR) is 161 cm³/mol. The Balaban J connectivity index is 0.000000337. The second-order valence-corrected chi connectivity index (χ2v) is 10.7. The van der Waals surface area contributed by atoms with Crippen LogP contribution in [-0.2, 0) is 9.59 Å². The van der Waals surface area contributed by atoms with E-state index >= 15 is 0 Å². The largest absolute Gasteiger partial charge is 0.506 e. The topological polar surface area (TPSA) is 152 Å². The Hall–Kier alpha value is -5.25. The molecule has 4 aromatic carbocycles. The molecule has 1 aromatic heterocycles. The molecule has 0 saturated heterocycles. The summed E-state index contributed by atoms with van der Waals surface area (Å²) in [7, 11) is 0. The number of phenols is 1. The fraction of sp³-hybridized carbons (Fsp3) is 0.219. The number of nitrogens with zero attached hydrogens (tertiary/aromatic N) is 3. The Morgan fingerprint density at radius 1 is 0.905 bits per heavy atom. The molecule has 0 aliphatic rings. The summed E-state index contributed by atoms with van der Waals surface area (Å²) in [4.78, 5) is 38.8. The number of hydrogen-bond acceptors (Lipinski definition) is 7. The van der Waals surface area contributed by atoms with Crippen molar-refractivity contribution in [3.63, 3.8) is 0 Å². The van der Waals surface area contributed by atoms with Gasteiger partial charge in [0.2, 0.25) is 5.91 Å². The van der Waals surface area contributed by atoms with Gasteiger partial charge >= 0.3 is 5.97 Å². The van der Waals surface area contributed by atoms with E-state index in [1.165, 1.54) is 23.5 Å². The number of aromatic nitrogens is 3. The molecule has 0 aliphatic heterocycles. The predicted octanol–water partition coefficient (Wildman–Crippen LogP) is 5.20. The van der Waals surface area contributed by atoms with Crippen LogP contribution in [0.4, 0.5) is 5.69 Å². The van der Waals surface area contributed by atoms with Crippen molar-refractivity contribution in [2.75, 3.05) is 11.4 Å². The van der Waals surface area contributed by atoms with Gasteiger partial charge in [-0.15, -0.1) is 0 Å². The number of benzene rings is 4. The third kappa shape index (κ3) is 6.55. The molecule has 10 heteroatoms. The van der Waals surface area contributed by atoms with Crippen molar-refractivity contribution in [1.82, 2.24) is 15.4 Å². The van der Waals surface area contributed by atoms with E-state index in [-0.39, 0.29) is 29.5 Å². The van der Waals surface area contributed by atoms with E-state index in [0.717, 1.165) is 16.6 Å². The molecule has 42 heavy (non-hydrogen) atoms. The number of nitrogens with one attached hydrogen (secondary N) is 1. The van der Waals surface area contributed by atoms with Gasteiger partial charge in [-0.2, -0.15) is 15.4 Å². The van der Waals surface area contributed by atoms with Crippen LogP contribution in [0.25, 0.3) is 21.8 Å². The van der Waals surface area contributed by atoms with Crippen LogP contribution in [0.5, 0.6) is 11.5 Å². The van der Waals surface area contributed by atoms with Crippen molar-refractivity contribution >= 4 is 45.3 Å². The number of rotatable bonds is 6. The highest BCUT2D eigenvalue weighted by Crippen LogP contribution is 2.37. The Morgan fingerprint density at radius 2 is 1.52 bits per heavy atom. The van der Waals surface area contributed by atoms with Crippen LogP contribution in [-0.4, -0.2) is 44.8 Å². The Morgan fingerprint density at radius 3 is 2.17 bits per heavy atom. The van der Waals surface area contributed by atoms with Gasteiger partial charge in [-0.25, -0.2) is 0 Å². The first kappa shape index (κ1) is 29.7. The number of fused-ring (bicyclic) bond motifs is 2. The molecule has 0 fully saturated rings. The number of amides is 2. The summed E-state index contributed by atoms with van der Waals surface area (Å²) in [6.45, 7) is 8.87. The molecule has 2 amide bonds. The first-order chi connectivity index (χ1) is 19.9. The van der Waals surface area contributed by atoms with Gasteiger partial charge in [-0.3, -0.25) is 14.4 Å². The Bertz CT molecular complexity index is 1780. The maximum absolute atomic E-state index is 13.1. The number of H-pyrrole nitrogens is 1. The molecule has 0 saturated carbocycles. The molecule has 1 heterocycles. The number of carbonyl (C=O) groups excluding carboxylic acids is 3. The smallest absolute Gasteiger partial charge is 0.318 e. The first-order valence-electron chi connectivity index (χ1n) is 13.3. The van der Waals surface area contributed by atoms with Gasteiger partial charge in [0, 0.05) is 29.9 Å². The zero-order chi connectivity index (χ0) is 30.6. The van der Waals surface area contributed by atoms with E-state index in [1.807, 2.05) is 56.3 Å². The molecular formula is C32H33N5O5. The lowest BCUT2D eigenvalue weighted by atomic mass is 9.92. The molecule has 0 radical (unpaired) electrons. The number of carbonyl (C=O) groups is 3. The molecule has 5 aromatic rings. The number of aromatic hydroxyl groups is 1. The van der Waals surface area contributed by atoms with Crippen LogP contribution in [0, 0.1) is 19.3 Å². The third-order valence-electron chi connectivity index (χ3n) is 6.75. The quantitative estimate of drug-likeness (QED) is 0.188. The minimum Gasteiger partial charge on any atom is -0.506 e. The summed E-state index contributed by atoms with van der Waals surface area (Å²) >= 11 is 0. The normalized spacial score (nSPS) is 11.1. The number of aryl methyl sites for hydroxylation is 2. The van der Waals surface area contributed by atoms with E-state index < -0.39 is 17.3 Å². The fourth-order valence-corrected chi connectivity index (χ4v) is 4.36. The van der Waals surface area contributed by atoms with Crippen molar-refractivity contribution in [2.24, 2.45) is 11.1 Å². The summed E-state index contributed by atoms with van der Waals surface area (Å²) in [6, 6.07) is 21.4. The maximum Gasteiger partial charge on any atom is 0.318 e. The average molecular weight is 568 g/mol. The lowest BCUT2D eigenvalue weighted by Crippen LogP contribution is -2.43. The third-order valence-corrected chi connectivity index (χ3v) is 6.75. The van der Waals surface area contributed by atoms with Crippen molar-refractivity contribution in [2.45, 2.75) is 34.6 Å². The number of primary amides is 1. The lowest BCUT2D eigenvalue weighted by molar-refractivity contribution is -0.143. The second-order valence-electron chi connectivity index (χ2n) is 10.7. The monoisotopic (exact) mass is 567 g/mol. The van der Waals surface area contributed by atoms with Crippen molar-refractivity contribution < 1.29 is 24.2 Å². The number of esters is 1. The van der Waals surface area contributed by atoms with Gasteiger partial charge in [0.25, 0.3) is 5.91 Å². The standard InChI is InChI=1S/C25H26N2O5.C7H7N3/c1-15-9-11-17(12-10-15)27(16(2)28)14-25(3,4)24(31)32-21-13-20(23(26)30)22(29)19-8-6-5-7-18(19)21;1-5-2-3-6-7(4-5)9-10-8-6/h5-13,29H,14H2,1-4H3,(H2,26,30);2-4H,1H3,(H,8,9,10). The molecule has 0 atom stereocenters. The highest BCUT2D eigenvalue weighted by molar-refractivity contribution is 6.06. The van der Waals surface area contributed by atoms with Crippen LogP contribution in [0.1, 0.15) is 42.3 Å². The molecule has 10 nitrogen and oxygen atoms in total. The minimum absolute atomic E-state index is 0.0862. The van der Waals surface area contributed by atoms with Gasteiger partial charge in [0.05, 0.1) is 11.0 Å². The molecule has 0 aliphatic carbocycles. The van der Waals surface area contributed by atoms with Crippen molar-refractivity contribution in [3.8, 4) is 11.5 Å². The van der Waals surface area contributed by atoms with Crippen molar-refractivity contribution in [1.29, 1.82) is 0 Å². The van der Waals surface area contributed by atoms with E-state index in [4.69, 9.17) is 10.5 Å². The van der Waals surface area contributed by atoms with Crippen LogP contribution in [0.3, 0.4) is 0 Å². The first-order valence-corrected chi connectivity index (χ1v) is 13.3. The van der Waals surface area contributed by atoms with Crippen LogP contribution < -0.4 is 15.4 Å². The maximum atomic E-state index is 13.1. The van der Waals surface area contributed by atoms with Crippen molar-refractivity contribution in [3.05, 3.63) is 89.5 Å². The minimum atomic E-state index is -1.08. The van der Waals surface area contributed by atoms with Crippen LogP contribution >= 0.6 is 0 Å². The van der Waals surface area contributed by atoms with Gasteiger partial charge in [-0.05, 0) is 63.6 Å². The SMILES string of the molecule is CC(=O)N(CC(C)(C)C(=O)Oc1cc(C(N)=O)c(O)c2ccccc12)c1ccc(C)cc1.Cc1ccc2n[nH]nc2c1. The van der Waals surface area contributed by atoms with Gasteiger partial charge in [0.15, 0.2) is 0 Å². The Kier molecular flexibility index (Phi) is 8.56. The van der Waals surface area contributed by atoms with E-state index in [1.54, 1.807) is 38.1 Å². The van der Waals surface area contributed by atoms with Gasteiger partial charge in [0.1, 0.15) is 22.5 Å². The average Bonchev–Trinajstić information content (AvgIpc) is 3.41. The fourth-order valence-electron chi connectivity index (χ4n) is 4.36. The molecule has 4 N–H and O–H groups in total. The number of aromatic amines is 1. The number of anilines is 1. The zero-order valence-corrected chi connectivity index (χ0v) is 24.1. The van der Waals surface area contributed by atoms with Gasteiger partial charge < -0.3 is 20.5 Å². The Labute approximate surface area is 243 Å². The number of hydrogen-bond donors (Lipinski definition) is 3. The highest BCUT2D eigenvalue weighted by Gasteiger charge is 2.34. The number of ether oxygens (including phenoxy) is 1. The lowest BCUT2D eigenvalue weighted by Gasteiger charge is -2.30. The second kappa shape index (κ2) is 12.1. The van der Waals surface area contributed by atoms with Gasteiger partial charge in [-0.1, -0.05) is 48.0 Å². The molecule has 0 unspecified atom stereocenters. The molecule has 5 rings (SSSR count). The zero-order valence-electron chi connectivity index (χ0n) is 24.1.